The number of nitrogens with zero attached hydrogens (tertiary/aromatic N) is 1. The molecule has 3 N–H and O–H groups in total. The van der Waals surface area contributed by atoms with Crippen LogP contribution in [0, 0.1) is 5.92 Å². The summed E-state index contributed by atoms with van der Waals surface area (Å²) >= 11 is 0. The number of pyridine rings is 1. The lowest BCUT2D eigenvalue weighted by atomic mass is 9.88. The maximum atomic E-state index is 13.1. The first-order valence-electron chi connectivity index (χ1n) is 11.3. The third-order valence-corrected chi connectivity index (χ3v) is 6.69. The second-order valence-electron chi connectivity index (χ2n) is 8.59. The number of amides is 1. The summed E-state index contributed by atoms with van der Waals surface area (Å²) in [5, 5.41) is 12.9. The van der Waals surface area contributed by atoms with Gasteiger partial charge in [0.05, 0.1) is 12.0 Å². The highest BCUT2D eigenvalue weighted by atomic mass is 32.2. The van der Waals surface area contributed by atoms with Crippen LogP contribution in [0.3, 0.4) is 0 Å². The van der Waals surface area contributed by atoms with Gasteiger partial charge in [0, 0.05) is 19.3 Å². The van der Waals surface area contributed by atoms with Crippen molar-refractivity contribution in [1.29, 1.82) is 0 Å². The molecule has 0 unspecified atom stereocenters. The van der Waals surface area contributed by atoms with Gasteiger partial charge in [0.15, 0.2) is 5.03 Å². The van der Waals surface area contributed by atoms with E-state index in [9.17, 15) is 18.3 Å². The minimum absolute atomic E-state index is 0.0729. The number of aliphatic hydroxyl groups excluding tert-OH is 1. The maximum Gasteiger partial charge on any atom is 0.258 e. The first-order chi connectivity index (χ1) is 16.3. The number of carbonyl (C=O) groups excluding carboxylic acids is 1. The monoisotopic (exact) mass is 481 g/mol. The number of aliphatic hydroxyl groups is 1. The van der Waals surface area contributed by atoms with Gasteiger partial charge in [-0.2, -0.15) is 0 Å². The van der Waals surface area contributed by atoms with Gasteiger partial charge in [-0.1, -0.05) is 74.5 Å². The molecule has 3 rings (SSSR count). The summed E-state index contributed by atoms with van der Waals surface area (Å²) in [6.07, 6.45) is 0.942. The minimum Gasteiger partial charge on any atom is -0.390 e. The van der Waals surface area contributed by atoms with E-state index in [1.807, 2.05) is 54.6 Å². The summed E-state index contributed by atoms with van der Waals surface area (Å²) < 4.78 is 26.9. The summed E-state index contributed by atoms with van der Waals surface area (Å²) in [5.74, 6) is -0.308. The zero-order valence-corrected chi connectivity index (χ0v) is 20.2. The highest BCUT2D eigenvalue weighted by Gasteiger charge is 2.23. The Labute approximate surface area is 201 Å². The van der Waals surface area contributed by atoms with Crippen LogP contribution in [-0.4, -0.2) is 43.6 Å². The molecule has 0 aliphatic heterocycles. The molecule has 180 valence electrons. The van der Waals surface area contributed by atoms with Crippen molar-refractivity contribution in [3.63, 3.8) is 0 Å². The topological polar surface area (TPSA) is 108 Å². The Morgan fingerprint density at radius 1 is 0.941 bits per heavy atom. The van der Waals surface area contributed by atoms with Crippen molar-refractivity contribution in [1.82, 2.24) is 15.0 Å². The maximum absolute atomic E-state index is 13.1. The summed E-state index contributed by atoms with van der Waals surface area (Å²) in [7, 11) is -3.83. The van der Waals surface area contributed by atoms with Crippen molar-refractivity contribution in [2.24, 2.45) is 5.92 Å². The first-order valence-corrected chi connectivity index (χ1v) is 12.8. The molecule has 34 heavy (non-hydrogen) atoms. The van der Waals surface area contributed by atoms with E-state index in [4.69, 9.17) is 0 Å². The molecular formula is C26H31N3O4S. The first kappa shape index (κ1) is 25.6. The zero-order chi connectivity index (χ0) is 24.6. The third kappa shape index (κ3) is 7.21. The fourth-order valence-corrected chi connectivity index (χ4v) is 4.65. The molecule has 0 aliphatic rings. The largest absolute Gasteiger partial charge is 0.390 e. The lowest BCUT2D eigenvalue weighted by molar-refractivity contribution is -0.123. The third-order valence-electron chi connectivity index (χ3n) is 5.35. The zero-order valence-electron chi connectivity index (χ0n) is 19.4. The molecule has 3 aromatic rings. The molecule has 2 aromatic carbocycles. The number of rotatable bonds is 11. The Balaban J connectivity index is 1.64. The van der Waals surface area contributed by atoms with E-state index in [0.717, 1.165) is 16.7 Å². The number of aromatic nitrogens is 1. The lowest BCUT2D eigenvalue weighted by Crippen LogP contribution is -2.41. The fraction of sp³-hybridized carbons (Fsp3) is 0.308. The van der Waals surface area contributed by atoms with Crippen molar-refractivity contribution >= 4 is 15.9 Å². The number of hydrogen-bond acceptors (Lipinski definition) is 5. The number of carbonyl (C=O) groups is 1. The van der Waals surface area contributed by atoms with Crippen molar-refractivity contribution in [3.8, 4) is 11.1 Å². The van der Waals surface area contributed by atoms with Crippen molar-refractivity contribution in [3.05, 3.63) is 84.6 Å². The average molecular weight is 482 g/mol. The van der Waals surface area contributed by atoms with Crippen LogP contribution in [0.15, 0.2) is 84.0 Å². The van der Waals surface area contributed by atoms with Crippen molar-refractivity contribution < 1.29 is 18.3 Å². The second kappa shape index (κ2) is 11.9. The molecule has 0 aliphatic carbocycles. The van der Waals surface area contributed by atoms with Crippen LogP contribution in [-0.2, 0) is 14.8 Å². The summed E-state index contributed by atoms with van der Waals surface area (Å²) in [6.45, 7) is 3.80. The van der Waals surface area contributed by atoms with Crippen molar-refractivity contribution in [2.45, 2.75) is 37.3 Å². The predicted octanol–water partition coefficient (Wildman–Crippen LogP) is 3.33. The van der Waals surface area contributed by atoms with Gasteiger partial charge in [-0.15, -0.1) is 0 Å². The second-order valence-corrected chi connectivity index (χ2v) is 10.3. The van der Waals surface area contributed by atoms with Gasteiger partial charge in [0.25, 0.3) is 10.0 Å². The van der Waals surface area contributed by atoms with Crippen LogP contribution in [0.5, 0.6) is 0 Å². The Morgan fingerprint density at radius 3 is 2.32 bits per heavy atom. The van der Waals surface area contributed by atoms with Crippen LogP contribution in [0.1, 0.15) is 31.7 Å². The normalized spacial score (nSPS) is 13.4. The lowest BCUT2D eigenvalue weighted by Gasteiger charge is -2.21. The van der Waals surface area contributed by atoms with E-state index in [-0.39, 0.29) is 35.9 Å². The average Bonchev–Trinajstić information content (AvgIpc) is 2.85. The number of sulfonamides is 1. The van der Waals surface area contributed by atoms with Gasteiger partial charge >= 0.3 is 0 Å². The molecule has 0 fully saturated rings. The van der Waals surface area contributed by atoms with E-state index in [1.54, 1.807) is 12.1 Å². The smallest absolute Gasteiger partial charge is 0.258 e. The molecule has 1 amide bonds. The molecule has 0 saturated carbocycles. The van der Waals surface area contributed by atoms with Gasteiger partial charge < -0.3 is 10.4 Å². The molecule has 0 bridgehead atoms. The van der Waals surface area contributed by atoms with Crippen LogP contribution in [0.25, 0.3) is 11.1 Å². The van der Waals surface area contributed by atoms with Gasteiger partial charge in [-0.25, -0.2) is 18.1 Å². The summed E-state index contributed by atoms with van der Waals surface area (Å²) in [5.41, 5.74) is 3.00. The number of nitrogens with one attached hydrogen (secondary N) is 2. The minimum atomic E-state index is -3.83. The Morgan fingerprint density at radius 2 is 1.65 bits per heavy atom. The fourth-order valence-electron chi connectivity index (χ4n) is 3.63. The van der Waals surface area contributed by atoms with Crippen molar-refractivity contribution in [2.75, 3.05) is 13.1 Å². The predicted molar refractivity (Wildman–Crippen MR) is 133 cm³/mol. The van der Waals surface area contributed by atoms with E-state index in [1.165, 1.54) is 12.3 Å². The SMILES string of the molecule is CC(C)C[C@@H](C(=O)NC[C@@H](O)CNS(=O)(=O)c1ccccn1)c1cccc(-c2ccccc2)c1. The molecule has 2 atom stereocenters. The van der Waals surface area contributed by atoms with Crippen LogP contribution in [0.2, 0.25) is 0 Å². The molecule has 8 heteroatoms. The van der Waals surface area contributed by atoms with Gasteiger partial charge in [0.2, 0.25) is 5.91 Å². The number of hydrogen-bond donors (Lipinski definition) is 3. The van der Waals surface area contributed by atoms with Crippen LogP contribution < -0.4 is 10.0 Å². The van der Waals surface area contributed by atoms with Gasteiger partial charge in [-0.3, -0.25) is 4.79 Å². The summed E-state index contributed by atoms with van der Waals surface area (Å²) in [4.78, 5) is 16.9. The van der Waals surface area contributed by atoms with E-state index >= 15 is 0 Å². The highest BCUT2D eigenvalue weighted by molar-refractivity contribution is 7.89. The molecule has 1 heterocycles. The highest BCUT2D eigenvalue weighted by Crippen LogP contribution is 2.28. The van der Waals surface area contributed by atoms with E-state index in [0.29, 0.717) is 6.42 Å². The molecule has 1 aromatic heterocycles. The Kier molecular flexibility index (Phi) is 8.92. The molecule has 7 nitrogen and oxygen atoms in total. The van der Waals surface area contributed by atoms with Gasteiger partial charge in [-0.05, 0) is 41.2 Å². The quantitative estimate of drug-likeness (QED) is 0.389. The van der Waals surface area contributed by atoms with Crippen LogP contribution >= 0.6 is 0 Å². The van der Waals surface area contributed by atoms with Crippen LogP contribution in [0.4, 0.5) is 0 Å². The molecule has 0 saturated heterocycles. The number of benzene rings is 2. The van der Waals surface area contributed by atoms with Gasteiger partial charge in [0.1, 0.15) is 0 Å². The molecular weight excluding hydrogens is 450 g/mol. The summed E-state index contributed by atoms with van der Waals surface area (Å²) in [6, 6.07) is 22.5. The Bertz CT molecular complexity index is 1170. The molecule has 0 radical (unpaired) electrons. The molecule has 0 spiro atoms. The standard InChI is InChI=1S/C26H31N3O4S/c1-19(2)15-24(22-12-8-11-21(16-22)20-9-4-3-5-10-20)26(31)28-17-23(30)18-29-34(32,33)25-13-6-7-14-27-25/h3-14,16,19,23-24,29-30H,15,17-18H2,1-2H3,(H,28,31)/t23-,24-/m1/s1. The van der Waals surface area contributed by atoms with E-state index in [2.05, 4.69) is 28.9 Å². The van der Waals surface area contributed by atoms with E-state index < -0.39 is 16.1 Å². The Hall–Kier alpha value is -3.07.